The van der Waals surface area contributed by atoms with E-state index in [0.29, 0.717) is 19.1 Å². The van der Waals surface area contributed by atoms with E-state index in [1.807, 2.05) is 19.9 Å². The molecule has 134 valence electrons. The zero-order chi connectivity index (χ0) is 17.5. The van der Waals surface area contributed by atoms with Crippen molar-refractivity contribution in [2.75, 3.05) is 33.7 Å². The largest absolute Gasteiger partial charge is 0.466 e. The molecule has 0 spiro atoms. The number of aryl methyl sites for hydroxylation is 2. The lowest BCUT2D eigenvalue weighted by Gasteiger charge is -2.32. The van der Waals surface area contributed by atoms with Gasteiger partial charge < -0.3 is 20.4 Å². The SMILES string of the molecule is CN=C(NCc1cc(C)oc1C)NC1CCN(CC(=O)NC)CC1. The summed E-state index contributed by atoms with van der Waals surface area (Å²) in [6.45, 7) is 6.94. The molecule has 0 radical (unpaired) electrons. The minimum atomic E-state index is 0.0738. The van der Waals surface area contributed by atoms with Gasteiger partial charge in [-0.2, -0.15) is 0 Å². The fourth-order valence-electron chi connectivity index (χ4n) is 2.94. The number of aliphatic imine (C=N–C) groups is 1. The third kappa shape index (κ3) is 5.26. The van der Waals surface area contributed by atoms with E-state index in [1.54, 1.807) is 14.1 Å². The molecule has 0 bridgehead atoms. The number of likely N-dealkylation sites (tertiary alicyclic amines) is 1. The number of carbonyl (C=O) groups excluding carboxylic acids is 1. The van der Waals surface area contributed by atoms with Gasteiger partial charge in [0.15, 0.2) is 5.96 Å². The fraction of sp³-hybridized carbons (Fsp3) is 0.647. The summed E-state index contributed by atoms with van der Waals surface area (Å²) in [5.41, 5.74) is 1.15. The Hall–Kier alpha value is -2.02. The van der Waals surface area contributed by atoms with Crippen molar-refractivity contribution in [2.24, 2.45) is 4.99 Å². The van der Waals surface area contributed by atoms with Crippen molar-refractivity contribution in [3.63, 3.8) is 0 Å². The van der Waals surface area contributed by atoms with Crippen LogP contribution < -0.4 is 16.0 Å². The summed E-state index contributed by atoms with van der Waals surface area (Å²) in [7, 11) is 3.46. The van der Waals surface area contributed by atoms with Gasteiger partial charge in [-0.3, -0.25) is 14.7 Å². The van der Waals surface area contributed by atoms with Crippen LogP contribution in [0.4, 0.5) is 0 Å². The number of amides is 1. The summed E-state index contributed by atoms with van der Waals surface area (Å²) < 4.78 is 5.54. The number of likely N-dealkylation sites (N-methyl/N-ethyl adjacent to an activating group) is 1. The molecule has 1 aliphatic heterocycles. The number of hydrogen-bond acceptors (Lipinski definition) is 4. The van der Waals surface area contributed by atoms with E-state index in [4.69, 9.17) is 4.42 Å². The predicted molar refractivity (Wildman–Crippen MR) is 95.0 cm³/mol. The van der Waals surface area contributed by atoms with Gasteiger partial charge in [0.25, 0.3) is 0 Å². The molecule has 0 aliphatic carbocycles. The molecule has 0 aromatic carbocycles. The van der Waals surface area contributed by atoms with Crippen LogP contribution in [0.5, 0.6) is 0 Å². The number of carbonyl (C=O) groups is 1. The molecule has 0 unspecified atom stereocenters. The molecule has 3 N–H and O–H groups in total. The monoisotopic (exact) mass is 335 g/mol. The van der Waals surface area contributed by atoms with Crippen LogP contribution in [0.15, 0.2) is 15.5 Å². The lowest BCUT2D eigenvalue weighted by Crippen LogP contribution is -2.49. The third-order valence-electron chi connectivity index (χ3n) is 4.39. The highest BCUT2D eigenvalue weighted by Gasteiger charge is 2.21. The van der Waals surface area contributed by atoms with Crippen LogP contribution in [-0.2, 0) is 11.3 Å². The summed E-state index contributed by atoms with van der Waals surface area (Å²) in [6.07, 6.45) is 2.00. The number of guanidine groups is 1. The summed E-state index contributed by atoms with van der Waals surface area (Å²) in [5.74, 6) is 2.75. The lowest BCUT2D eigenvalue weighted by atomic mass is 10.1. The summed E-state index contributed by atoms with van der Waals surface area (Å²) >= 11 is 0. The van der Waals surface area contributed by atoms with Crippen LogP contribution >= 0.6 is 0 Å². The molecule has 0 saturated carbocycles. The predicted octanol–water partition coefficient (Wildman–Crippen LogP) is 0.772. The van der Waals surface area contributed by atoms with Gasteiger partial charge in [0.2, 0.25) is 5.91 Å². The zero-order valence-corrected chi connectivity index (χ0v) is 15.1. The fourth-order valence-corrected chi connectivity index (χ4v) is 2.94. The maximum absolute atomic E-state index is 11.4. The molecule has 1 fully saturated rings. The van der Waals surface area contributed by atoms with Gasteiger partial charge in [0.05, 0.1) is 6.54 Å². The molecular weight excluding hydrogens is 306 g/mol. The Morgan fingerprint density at radius 3 is 2.62 bits per heavy atom. The second-order valence-electron chi connectivity index (χ2n) is 6.23. The lowest BCUT2D eigenvalue weighted by molar-refractivity contribution is -0.122. The first-order chi connectivity index (χ1) is 11.5. The molecule has 7 nitrogen and oxygen atoms in total. The number of hydrogen-bond donors (Lipinski definition) is 3. The van der Waals surface area contributed by atoms with Crippen LogP contribution in [-0.4, -0.2) is 56.5 Å². The van der Waals surface area contributed by atoms with Crippen molar-refractivity contribution in [2.45, 2.75) is 39.3 Å². The minimum absolute atomic E-state index is 0.0738. The topological polar surface area (TPSA) is 81.9 Å². The Kier molecular flexibility index (Phi) is 6.66. The van der Waals surface area contributed by atoms with E-state index < -0.39 is 0 Å². The average molecular weight is 335 g/mol. The first-order valence-corrected chi connectivity index (χ1v) is 8.48. The van der Waals surface area contributed by atoms with Crippen molar-refractivity contribution in [3.05, 3.63) is 23.2 Å². The maximum atomic E-state index is 11.4. The standard InChI is InChI=1S/C17H29N5O2/c1-12-9-14(13(2)24-12)10-20-17(19-4)21-15-5-7-22(8-6-15)11-16(23)18-3/h9,15H,5-8,10-11H2,1-4H3,(H,18,23)(H2,19,20,21). The summed E-state index contributed by atoms with van der Waals surface area (Å²) in [5, 5.41) is 9.48. The highest BCUT2D eigenvalue weighted by atomic mass is 16.3. The Balaban J connectivity index is 1.76. The molecule has 0 atom stereocenters. The number of nitrogens with zero attached hydrogens (tertiary/aromatic N) is 2. The number of piperidine rings is 1. The van der Waals surface area contributed by atoms with E-state index in [1.165, 1.54) is 0 Å². The normalized spacial score (nSPS) is 16.9. The molecule has 1 saturated heterocycles. The maximum Gasteiger partial charge on any atom is 0.233 e. The first kappa shape index (κ1) is 18.3. The Bertz CT molecular complexity index is 574. The summed E-state index contributed by atoms with van der Waals surface area (Å²) in [4.78, 5) is 17.9. The van der Waals surface area contributed by atoms with Gasteiger partial charge in [-0.15, -0.1) is 0 Å². The highest BCUT2D eigenvalue weighted by molar-refractivity contribution is 5.80. The van der Waals surface area contributed by atoms with E-state index in [-0.39, 0.29) is 5.91 Å². The second-order valence-corrected chi connectivity index (χ2v) is 6.23. The second kappa shape index (κ2) is 8.73. The van der Waals surface area contributed by atoms with Crippen LogP contribution in [0.3, 0.4) is 0 Å². The molecule has 1 amide bonds. The van der Waals surface area contributed by atoms with Crippen molar-refractivity contribution in [3.8, 4) is 0 Å². The Morgan fingerprint density at radius 2 is 2.08 bits per heavy atom. The smallest absolute Gasteiger partial charge is 0.233 e. The number of nitrogens with one attached hydrogen (secondary N) is 3. The Morgan fingerprint density at radius 1 is 1.38 bits per heavy atom. The van der Waals surface area contributed by atoms with E-state index in [9.17, 15) is 4.79 Å². The van der Waals surface area contributed by atoms with Gasteiger partial charge in [-0.05, 0) is 32.8 Å². The molecule has 7 heteroatoms. The first-order valence-electron chi connectivity index (χ1n) is 8.48. The molecule has 1 aromatic heterocycles. The van der Waals surface area contributed by atoms with Gasteiger partial charge in [-0.25, -0.2) is 0 Å². The highest BCUT2D eigenvalue weighted by Crippen LogP contribution is 2.13. The van der Waals surface area contributed by atoms with Crippen molar-refractivity contribution in [1.82, 2.24) is 20.9 Å². The molecule has 1 aliphatic rings. The third-order valence-corrected chi connectivity index (χ3v) is 4.39. The molecule has 1 aromatic rings. The molecular formula is C17H29N5O2. The van der Waals surface area contributed by atoms with Crippen LogP contribution in [0.1, 0.15) is 29.9 Å². The summed E-state index contributed by atoms with van der Waals surface area (Å²) in [6, 6.07) is 2.43. The van der Waals surface area contributed by atoms with Gasteiger partial charge >= 0.3 is 0 Å². The van der Waals surface area contributed by atoms with E-state index >= 15 is 0 Å². The molecule has 2 heterocycles. The van der Waals surface area contributed by atoms with Crippen molar-refractivity contribution < 1.29 is 9.21 Å². The molecule has 2 rings (SSSR count). The number of furan rings is 1. The zero-order valence-electron chi connectivity index (χ0n) is 15.1. The minimum Gasteiger partial charge on any atom is -0.466 e. The van der Waals surface area contributed by atoms with Gasteiger partial charge in [0, 0.05) is 45.3 Å². The van der Waals surface area contributed by atoms with Crippen LogP contribution in [0.25, 0.3) is 0 Å². The van der Waals surface area contributed by atoms with Gasteiger partial charge in [-0.1, -0.05) is 0 Å². The average Bonchev–Trinajstić information content (AvgIpc) is 2.90. The van der Waals surface area contributed by atoms with E-state index in [0.717, 1.165) is 49.0 Å². The van der Waals surface area contributed by atoms with Crippen LogP contribution in [0, 0.1) is 13.8 Å². The molecule has 24 heavy (non-hydrogen) atoms. The van der Waals surface area contributed by atoms with Gasteiger partial charge in [0.1, 0.15) is 11.5 Å². The van der Waals surface area contributed by atoms with E-state index in [2.05, 4.69) is 25.8 Å². The van der Waals surface area contributed by atoms with Crippen molar-refractivity contribution >= 4 is 11.9 Å². The number of rotatable bonds is 5. The quantitative estimate of drug-likeness (QED) is 0.547. The Labute approximate surface area is 143 Å². The van der Waals surface area contributed by atoms with Crippen LogP contribution in [0.2, 0.25) is 0 Å². The van der Waals surface area contributed by atoms with Crippen molar-refractivity contribution in [1.29, 1.82) is 0 Å².